The lowest BCUT2D eigenvalue weighted by atomic mass is 10.2. The highest BCUT2D eigenvalue weighted by Crippen LogP contribution is 2.32. The van der Waals surface area contributed by atoms with Gasteiger partial charge in [0.2, 0.25) is 10.0 Å². The summed E-state index contributed by atoms with van der Waals surface area (Å²) in [5.74, 6) is 0.514. The molecule has 0 aliphatic carbocycles. The van der Waals surface area contributed by atoms with E-state index in [1.807, 2.05) is 32.3 Å². The first-order chi connectivity index (χ1) is 16.8. The molecule has 0 unspecified atom stereocenters. The molecular formula is C24H30N4O5S2. The smallest absolute Gasteiger partial charge is 0.260 e. The van der Waals surface area contributed by atoms with Gasteiger partial charge in [-0.25, -0.2) is 13.4 Å². The molecule has 0 N–H and O–H groups in total. The number of anilines is 1. The number of aromatic nitrogens is 1. The van der Waals surface area contributed by atoms with E-state index in [1.165, 1.54) is 27.8 Å². The van der Waals surface area contributed by atoms with Gasteiger partial charge >= 0.3 is 0 Å². The predicted octanol–water partition coefficient (Wildman–Crippen LogP) is 2.92. The summed E-state index contributed by atoms with van der Waals surface area (Å²) in [4.78, 5) is 22.2. The van der Waals surface area contributed by atoms with Crippen molar-refractivity contribution >= 4 is 42.6 Å². The molecule has 0 spiro atoms. The lowest BCUT2D eigenvalue weighted by Gasteiger charge is -2.26. The number of carbonyl (C=O) groups excluding carboxylic acids is 1. The fourth-order valence-corrected chi connectivity index (χ4v) is 6.25. The molecule has 35 heavy (non-hydrogen) atoms. The van der Waals surface area contributed by atoms with E-state index < -0.39 is 10.0 Å². The van der Waals surface area contributed by atoms with Crippen molar-refractivity contribution in [3.05, 3.63) is 48.0 Å². The zero-order chi connectivity index (χ0) is 25.0. The number of nitrogens with zero attached hydrogens (tertiary/aromatic N) is 4. The molecule has 2 aromatic carbocycles. The molecule has 1 aliphatic rings. The number of morpholine rings is 1. The van der Waals surface area contributed by atoms with Gasteiger partial charge in [0.15, 0.2) is 5.13 Å². The normalized spacial score (nSPS) is 15.0. The Morgan fingerprint density at radius 2 is 1.83 bits per heavy atom. The van der Waals surface area contributed by atoms with Gasteiger partial charge < -0.3 is 14.4 Å². The number of amides is 1. The number of ether oxygens (including phenoxy) is 2. The van der Waals surface area contributed by atoms with Crippen molar-refractivity contribution in [1.82, 2.24) is 14.2 Å². The third-order valence-electron chi connectivity index (χ3n) is 5.76. The van der Waals surface area contributed by atoms with E-state index in [0.29, 0.717) is 43.5 Å². The van der Waals surface area contributed by atoms with Crippen LogP contribution in [0.4, 0.5) is 5.13 Å². The van der Waals surface area contributed by atoms with Crippen LogP contribution in [0, 0.1) is 0 Å². The lowest BCUT2D eigenvalue weighted by molar-refractivity contribution is 0.0730. The molecule has 11 heteroatoms. The van der Waals surface area contributed by atoms with Crippen molar-refractivity contribution in [2.75, 3.05) is 65.5 Å². The van der Waals surface area contributed by atoms with Crippen LogP contribution in [0.3, 0.4) is 0 Å². The highest BCUT2D eigenvalue weighted by Gasteiger charge is 2.27. The van der Waals surface area contributed by atoms with Gasteiger partial charge in [0.05, 0.1) is 35.4 Å². The maximum absolute atomic E-state index is 13.6. The summed E-state index contributed by atoms with van der Waals surface area (Å²) in [7, 11) is 1.97. The maximum atomic E-state index is 13.6. The Bertz CT molecular complexity index is 1270. The fraction of sp³-hybridized carbons (Fsp3) is 0.417. The zero-order valence-corrected chi connectivity index (χ0v) is 21.8. The van der Waals surface area contributed by atoms with Crippen molar-refractivity contribution in [2.24, 2.45) is 0 Å². The number of carbonyl (C=O) groups is 1. The number of hydrogen-bond donors (Lipinski definition) is 0. The standard InChI is InChI=1S/C24H30N4O5S2/c1-26(2)11-4-12-28(24-25-21-10-7-19(32-3)17-22(21)34-24)23(29)18-5-8-20(9-6-18)35(30,31)27-13-15-33-16-14-27/h5-10,17H,4,11-16H2,1-3H3. The topological polar surface area (TPSA) is 92.3 Å². The second kappa shape index (κ2) is 11.0. The molecule has 1 aromatic heterocycles. The monoisotopic (exact) mass is 518 g/mol. The number of thiazole rings is 1. The highest BCUT2D eigenvalue weighted by molar-refractivity contribution is 7.89. The summed E-state index contributed by atoms with van der Waals surface area (Å²) < 4.78 is 38.8. The summed E-state index contributed by atoms with van der Waals surface area (Å²) in [6, 6.07) is 11.8. The second-order valence-corrected chi connectivity index (χ2v) is 11.4. The van der Waals surface area contributed by atoms with E-state index in [4.69, 9.17) is 14.5 Å². The van der Waals surface area contributed by atoms with Gasteiger partial charge in [-0.15, -0.1) is 0 Å². The Kier molecular flexibility index (Phi) is 8.02. The van der Waals surface area contributed by atoms with Gasteiger partial charge in [-0.05, 0) is 69.5 Å². The van der Waals surface area contributed by atoms with Crippen molar-refractivity contribution in [3.8, 4) is 5.75 Å². The molecule has 0 saturated carbocycles. The third-order valence-corrected chi connectivity index (χ3v) is 8.71. The van der Waals surface area contributed by atoms with Crippen LogP contribution < -0.4 is 9.64 Å². The van der Waals surface area contributed by atoms with Crippen LogP contribution in [0.2, 0.25) is 0 Å². The Balaban J connectivity index is 1.60. The fourth-order valence-electron chi connectivity index (χ4n) is 3.83. The van der Waals surface area contributed by atoms with E-state index >= 15 is 0 Å². The van der Waals surface area contributed by atoms with E-state index in [9.17, 15) is 13.2 Å². The second-order valence-electron chi connectivity index (χ2n) is 8.48. The van der Waals surface area contributed by atoms with Crippen LogP contribution in [-0.4, -0.2) is 89.1 Å². The molecule has 0 bridgehead atoms. The number of rotatable bonds is 9. The van der Waals surface area contributed by atoms with Gasteiger partial charge in [0, 0.05) is 25.2 Å². The summed E-state index contributed by atoms with van der Waals surface area (Å²) >= 11 is 1.43. The van der Waals surface area contributed by atoms with Crippen LogP contribution >= 0.6 is 11.3 Å². The first-order valence-electron chi connectivity index (χ1n) is 11.4. The Morgan fingerprint density at radius 1 is 1.11 bits per heavy atom. The molecule has 0 atom stereocenters. The number of fused-ring (bicyclic) bond motifs is 1. The Hall–Kier alpha value is -2.57. The van der Waals surface area contributed by atoms with Crippen LogP contribution in [0.5, 0.6) is 5.75 Å². The van der Waals surface area contributed by atoms with E-state index in [1.54, 1.807) is 24.1 Å². The summed E-state index contributed by atoms with van der Waals surface area (Å²) in [5.41, 5.74) is 1.20. The van der Waals surface area contributed by atoms with Crippen molar-refractivity contribution in [2.45, 2.75) is 11.3 Å². The first kappa shape index (κ1) is 25.5. The molecule has 2 heterocycles. The number of hydrogen-bond acceptors (Lipinski definition) is 8. The van der Waals surface area contributed by atoms with Crippen molar-refractivity contribution < 1.29 is 22.7 Å². The summed E-state index contributed by atoms with van der Waals surface area (Å²) in [6.45, 7) is 2.72. The highest BCUT2D eigenvalue weighted by atomic mass is 32.2. The minimum absolute atomic E-state index is 0.169. The van der Waals surface area contributed by atoms with E-state index in [2.05, 4.69) is 4.90 Å². The minimum atomic E-state index is -3.62. The Morgan fingerprint density at radius 3 is 2.49 bits per heavy atom. The summed E-state index contributed by atoms with van der Waals surface area (Å²) in [6.07, 6.45) is 0.765. The van der Waals surface area contributed by atoms with Gasteiger partial charge in [0.25, 0.3) is 5.91 Å². The lowest BCUT2D eigenvalue weighted by Crippen LogP contribution is -2.40. The van der Waals surface area contributed by atoms with Crippen molar-refractivity contribution in [1.29, 1.82) is 0 Å². The Labute approximate surface area is 209 Å². The summed E-state index contributed by atoms with van der Waals surface area (Å²) in [5, 5.41) is 0.599. The van der Waals surface area contributed by atoms with E-state index in [-0.39, 0.29) is 10.8 Å². The number of methoxy groups -OCH3 is 1. The molecule has 1 saturated heterocycles. The van der Waals surface area contributed by atoms with Gasteiger partial charge in [-0.3, -0.25) is 9.69 Å². The van der Waals surface area contributed by atoms with Crippen LogP contribution in [-0.2, 0) is 14.8 Å². The number of benzene rings is 2. The van der Waals surface area contributed by atoms with Crippen molar-refractivity contribution in [3.63, 3.8) is 0 Å². The van der Waals surface area contributed by atoms with Gasteiger partial charge in [-0.2, -0.15) is 4.31 Å². The van der Waals surface area contributed by atoms with Gasteiger partial charge in [0.1, 0.15) is 5.75 Å². The van der Waals surface area contributed by atoms with Crippen LogP contribution in [0.15, 0.2) is 47.4 Å². The number of sulfonamides is 1. The molecular weight excluding hydrogens is 488 g/mol. The van der Waals surface area contributed by atoms with Crippen LogP contribution in [0.1, 0.15) is 16.8 Å². The average Bonchev–Trinajstić information content (AvgIpc) is 3.29. The maximum Gasteiger partial charge on any atom is 0.260 e. The first-order valence-corrected chi connectivity index (χ1v) is 13.6. The molecule has 1 amide bonds. The largest absolute Gasteiger partial charge is 0.497 e. The zero-order valence-electron chi connectivity index (χ0n) is 20.1. The van der Waals surface area contributed by atoms with Crippen LogP contribution in [0.25, 0.3) is 10.2 Å². The SMILES string of the molecule is COc1ccc2nc(N(CCCN(C)C)C(=O)c3ccc(S(=O)(=O)N4CCOCC4)cc3)sc2c1. The molecule has 0 radical (unpaired) electrons. The van der Waals surface area contributed by atoms with E-state index in [0.717, 1.165) is 28.9 Å². The minimum Gasteiger partial charge on any atom is -0.497 e. The average molecular weight is 519 g/mol. The van der Waals surface area contributed by atoms with Gasteiger partial charge in [-0.1, -0.05) is 11.3 Å². The molecule has 9 nitrogen and oxygen atoms in total. The predicted molar refractivity (Wildman–Crippen MR) is 137 cm³/mol. The molecule has 1 fully saturated rings. The molecule has 1 aliphatic heterocycles. The molecule has 3 aromatic rings. The molecule has 188 valence electrons. The molecule has 4 rings (SSSR count). The third kappa shape index (κ3) is 5.81. The quantitative estimate of drug-likeness (QED) is 0.430.